The number of likely N-dealkylation sites (tertiary alicyclic amines) is 1. The van der Waals surface area contributed by atoms with Gasteiger partial charge in [-0.2, -0.15) is 5.10 Å². The van der Waals surface area contributed by atoms with Gasteiger partial charge in [0.05, 0.1) is 6.20 Å². The first-order valence-electron chi connectivity index (χ1n) is 6.20. The van der Waals surface area contributed by atoms with Gasteiger partial charge in [-0.3, -0.25) is 9.58 Å². The lowest BCUT2D eigenvalue weighted by Gasteiger charge is -2.24. The fourth-order valence-electron chi connectivity index (χ4n) is 2.56. The predicted molar refractivity (Wildman–Crippen MR) is 64.9 cm³/mol. The van der Waals surface area contributed by atoms with E-state index < -0.39 is 0 Å². The molecule has 2 N–H and O–H groups in total. The van der Waals surface area contributed by atoms with Crippen LogP contribution in [0.3, 0.4) is 0 Å². The molecule has 4 heteroatoms. The molecule has 0 aromatic carbocycles. The third kappa shape index (κ3) is 2.28. The van der Waals surface area contributed by atoms with Gasteiger partial charge in [0.2, 0.25) is 0 Å². The van der Waals surface area contributed by atoms with Crippen molar-refractivity contribution < 1.29 is 0 Å². The molecule has 2 rings (SSSR count). The molecule has 16 heavy (non-hydrogen) atoms. The Labute approximate surface area is 97.4 Å². The first kappa shape index (κ1) is 11.6. The largest absolute Gasteiger partial charge is 0.329 e. The monoisotopic (exact) mass is 222 g/mol. The average Bonchev–Trinajstić information content (AvgIpc) is 2.86. The zero-order chi connectivity index (χ0) is 11.5. The summed E-state index contributed by atoms with van der Waals surface area (Å²) in [6.45, 7) is 8.27. The molecule has 0 amide bonds. The molecule has 4 nitrogen and oxygen atoms in total. The van der Waals surface area contributed by atoms with Crippen LogP contribution in [-0.2, 0) is 13.1 Å². The standard InChI is InChI=1S/C12H22N4/c1-3-16-9-11(7-14-16)8-15-5-4-10(2)12(15)6-13/h7,9-10,12H,3-6,8,13H2,1-2H3. The zero-order valence-corrected chi connectivity index (χ0v) is 10.3. The van der Waals surface area contributed by atoms with Gasteiger partial charge in [-0.25, -0.2) is 0 Å². The molecular weight excluding hydrogens is 200 g/mol. The minimum absolute atomic E-state index is 0.546. The number of hydrogen-bond donors (Lipinski definition) is 1. The summed E-state index contributed by atoms with van der Waals surface area (Å²) in [5.74, 6) is 0.728. The van der Waals surface area contributed by atoms with Gasteiger partial charge < -0.3 is 5.73 Å². The van der Waals surface area contributed by atoms with E-state index in [0.29, 0.717) is 6.04 Å². The Kier molecular flexibility index (Phi) is 3.61. The van der Waals surface area contributed by atoms with Crippen LogP contribution in [0.25, 0.3) is 0 Å². The Hall–Kier alpha value is -0.870. The van der Waals surface area contributed by atoms with Gasteiger partial charge in [0.25, 0.3) is 0 Å². The molecule has 2 atom stereocenters. The molecule has 0 bridgehead atoms. The highest BCUT2D eigenvalue weighted by Crippen LogP contribution is 2.24. The van der Waals surface area contributed by atoms with E-state index in [9.17, 15) is 0 Å². The minimum atomic E-state index is 0.546. The molecule has 1 saturated heterocycles. The van der Waals surface area contributed by atoms with Crippen LogP contribution in [0.1, 0.15) is 25.8 Å². The summed E-state index contributed by atoms with van der Waals surface area (Å²) in [7, 11) is 0. The normalized spacial score (nSPS) is 26.4. The molecule has 0 spiro atoms. The van der Waals surface area contributed by atoms with Crippen LogP contribution in [0.2, 0.25) is 0 Å². The number of aromatic nitrogens is 2. The number of nitrogens with two attached hydrogens (primary N) is 1. The molecule has 1 aliphatic heterocycles. The van der Waals surface area contributed by atoms with Crippen molar-refractivity contribution >= 4 is 0 Å². The van der Waals surface area contributed by atoms with E-state index in [-0.39, 0.29) is 0 Å². The Morgan fingerprint density at radius 2 is 2.38 bits per heavy atom. The number of nitrogens with zero attached hydrogens (tertiary/aromatic N) is 3. The summed E-state index contributed by atoms with van der Waals surface area (Å²) in [6.07, 6.45) is 5.38. The lowest BCUT2D eigenvalue weighted by atomic mass is 10.0. The van der Waals surface area contributed by atoms with E-state index in [1.54, 1.807) is 0 Å². The van der Waals surface area contributed by atoms with Crippen LogP contribution >= 0.6 is 0 Å². The Morgan fingerprint density at radius 3 is 3.00 bits per heavy atom. The van der Waals surface area contributed by atoms with E-state index in [1.807, 2.05) is 10.9 Å². The first-order valence-corrected chi connectivity index (χ1v) is 6.20. The fourth-order valence-corrected chi connectivity index (χ4v) is 2.56. The molecule has 0 radical (unpaired) electrons. The highest BCUT2D eigenvalue weighted by Gasteiger charge is 2.29. The van der Waals surface area contributed by atoms with Crippen LogP contribution in [0.4, 0.5) is 0 Å². The zero-order valence-electron chi connectivity index (χ0n) is 10.3. The van der Waals surface area contributed by atoms with Gasteiger partial charge in [-0.15, -0.1) is 0 Å². The average molecular weight is 222 g/mol. The molecule has 0 aliphatic carbocycles. The molecule has 1 aliphatic rings. The maximum absolute atomic E-state index is 5.84. The van der Waals surface area contributed by atoms with Crippen molar-refractivity contribution in [2.75, 3.05) is 13.1 Å². The van der Waals surface area contributed by atoms with Gasteiger partial charge >= 0.3 is 0 Å². The van der Waals surface area contributed by atoms with E-state index >= 15 is 0 Å². The van der Waals surface area contributed by atoms with Crippen molar-refractivity contribution in [1.29, 1.82) is 0 Å². The summed E-state index contributed by atoms with van der Waals surface area (Å²) in [5, 5.41) is 4.31. The van der Waals surface area contributed by atoms with Gasteiger partial charge in [-0.1, -0.05) is 6.92 Å². The highest BCUT2D eigenvalue weighted by molar-refractivity contribution is 5.05. The molecular formula is C12H22N4. The SMILES string of the molecule is CCn1cc(CN2CCC(C)C2CN)cn1. The maximum Gasteiger partial charge on any atom is 0.0534 e. The molecule has 1 aromatic rings. The van der Waals surface area contributed by atoms with Crippen molar-refractivity contribution in [3.63, 3.8) is 0 Å². The summed E-state index contributed by atoms with van der Waals surface area (Å²) in [4.78, 5) is 2.49. The second-order valence-corrected chi connectivity index (χ2v) is 4.74. The third-order valence-electron chi connectivity index (χ3n) is 3.64. The molecule has 0 saturated carbocycles. The summed E-state index contributed by atoms with van der Waals surface area (Å²) < 4.78 is 1.98. The van der Waals surface area contributed by atoms with Gasteiger partial charge in [0.1, 0.15) is 0 Å². The van der Waals surface area contributed by atoms with Crippen molar-refractivity contribution in [1.82, 2.24) is 14.7 Å². The van der Waals surface area contributed by atoms with Crippen molar-refractivity contribution in [3.05, 3.63) is 18.0 Å². The van der Waals surface area contributed by atoms with Gasteiger partial charge in [0, 0.05) is 37.4 Å². The predicted octanol–water partition coefficient (Wildman–Crippen LogP) is 1.07. The van der Waals surface area contributed by atoms with E-state index in [2.05, 4.69) is 30.0 Å². The molecule has 1 fully saturated rings. The van der Waals surface area contributed by atoms with E-state index in [0.717, 1.165) is 25.6 Å². The van der Waals surface area contributed by atoms with Crippen LogP contribution < -0.4 is 5.73 Å². The van der Waals surface area contributed by atoms with Crippen molar-refractivity contribution in [3.8, 4) is 0 Å². The molecule has 1 aromatic heterocycles. The fraction of sp³-hybridized carbons (Fsp3) is 0.750. The number of rotatable bonds is 4. The summed E-state index contributed by atoms with van der Waals surface area (Å²) in [6, 6.07) is 0.546. The summed E-state index contributed by atoms with van der Waals surface area (Å²) in [5.41, 5.74) is 7.14. The Balaban J connectivity index is 1.98. The van der Waals surface area contributed by atoms with Crippen LogP contribution in [0.15, 0.2) is 12.4 Å². The van der Waals surface area contributed by atoms with Crippen molar-refractivity contribution in [2.24, 2.45) is 11.7 Å². The Bertz CT molecular complexity index is 334. The van der Waals surface area contributed by atoms with Crippen LogP contribution in [0.5, 0.6) is 0 Å². The van der Waals surface area contributed by atoms with E-state index in [4.69, 9.17) is 5.73 Å². The highest BCUT2D eigenvalue weighted by atomic mass is 15.3. The first-order chi connectivity index (χ1) is 7.74. The van der Waals surface area contributed by atoms with Crippen LogP contribution in [-0.4, -0.2) is 33.8 Å². The topological polar surface area (TPSA) is 47.1 Å². The van der Waals surface area contributed by atoms with Crippen molar-refractivity contribution in [2.45, 2.75) is 39.4 Å². The second kappa shape index (κ2) is 4.97. The quantitative estimate of drug-likeness (QED) is 0.829. The Morgan fingerprint density at radius 1 is 1.56 bits per heavy atom. The third-order valence-corrected chi connectivity index (χ3v) is 3.64. The molecule has 90 valence electrons. The number of aryl methyl sites for hydroxylation is 1. The van der Waals surface area contributed by atoms with Crippen LogP contribution in [0, 0.1) is 5.92 Å². The van der Waals surface area contributed by atoms with E-state index in [1.165, 1.54) is 18.5 Å². The minimum Gasteiger partial charge on any atom is -0.329 e. The smallest absolute Gasteiger partial charge is 0.0534 e. The molecule has 2 heterocycles. The van der Waals surface area contributed by atoms with Gasteiger partial charge in [0.15, 0.2) is 0 Å². The summed E-state index contributed by atoms with van der Waals surface area (Å²) >= 11 is 0. The lowest BCUT2D eigenvalue weighted by Crippen LogP contribution is -2.37. The van der Waals surface area contributed by atoms with Gasteiger partial charge in [-0.05, 0) is 25.8 Å². The lowest BCUT2D eigenvalue weighted by molar-refractivity contribution is 0.228. The second-order valence-electron chi connectivity index (χ2n) is 4.74. The molecule has 2 unspecified atom stereocenters. The maximum atomic E-state index is 5.84. The number of hydrogen-bond acceptors (Lipinski definition) is 3.